The predicted molar refractivity (Wildman–Crippen MR) is 55.7 cm³/mol. The fraction of sp³-hybridized carbons (Fsp3) is 0.0769. The van der Waals surface area contributed by atoms with Crippen LogP contribution in [0.1, 0.15) is 5.56 Å². The summed E-state index contributed by atoms with van der Waals surface area (Å²) in [5, 5.41) is 0. The molecular weight excluding hydrogens is 232 g/mol. The van der Waals surface area contributed by atoms with Crippen molar-refractivity contribution in [1.82, 2.24) is 0 Å². The lowest BCUT2D eigenvalue weighted by atomic mass is 9.99. The fourth-order valence-corrected chi connectivity index (χ4v) is 1.54. The largest absolute Gasteiger partial charge is 0.417 e. The van der Waals surface area contributed by atoms with Gasteiger partial charge in [-0.2, -0.15) is 13.2 Å². The molecule has 0 spiro atoms. The highest BCUT2D eigenvalue weighted by Gasteiger charge is 2.33. The van der Waals surface area contributed by atoms with Crippen molar-refractivity contribution in [3.63, 3.8) is 0 Å². The number of alkyl halides is 3. The molecule has 0 saturated carbocycles. The van der Waals surface area contributed by atoms with Gasteiger partial charge >= 0.3 is 6.18 Å². The molecular formula is C13H7F4. The number of rotatable bonds is 1. The molecule has 0 amide bonds. The predicted octanol–water partition coefficient (Wildman–Crippen LogP) is 4.31. The van der Waals surface area contributed by atoms with Gasteiger partial charge in [-0.25, -0.2) is 4.39 Å². The van der Waals surface area contributed by atoms with Crippen LogP contribution in [0, 0.1) is 11.9 Å². The van der Waals surface area contributed by atoms with Crippen LogP contribution in [0.5, 0.6) is 0 Å². The van der Waals surface area contributed by atoms with Gasteiger partial charge in [-0.3, -0.25) is 0 Å². The summed E-state index contributed by atoms with van der Waals surface area (Å²) in [6.07, 6.45) is -4.47. The Morgan fingerprint density at radius 2 is 1.59 bits per heavy atom. The maximum atomic E-state index is 12.7. The van der Waals surface area contributed by atoms with Gasteiger partial charge in [0.15, 0.2) is 0 Å². The maximum Gasteiger partial charge on any atom is 0.417 e. The molecule has 0 nitrogen and oxygen atoms in total. The number of hydrogen-bond acceptors (Lipinski definition) is 0. The van der Waals surface area contributed by atoms with Crippen LogP contribution in [0.3, 0.4) is 0 Å². The summed E-state index contributed by atoms with van der Waals surface area (Å²) in [5.41, 5.74) is -0.526. The van der Waals surface area contributed by atoms with Gasteiger partial charge in [0.25, 0.3) is 0 Å². The molecule has 0 unspecified atom stereocenters. The molecule has 17 heavy (non-hydrogen) atoms. The lowest BCUT2D eigenvalue weighted by Crippen LogP contribution is -2.07. The van der Waals surface area contributed by atoms with Crippen molar-refractivity contribution in [2.45, 2.75) is 6.18 Å². The third kappa shape index (κ3) is 2.46. The van der Waals surface area contributed by atoms with E-state index in [1.807, 2.05) is 0 Å². The molecule has 0 aromatic heterocycles. The van der Waals surface area contributed by atoms with Crippen molar-refractivity contribution < 1.29 is 17.6 Å². The minimum atomic E-state index is -4.47. The third-order valence-corrected chi connectivity index (χ3v) is 2.29. The van der Waals surface area contributed by atoms with Gasteiger partial charge in [0, 0.05) is 0 Å². The Balaban J connectivity index is 2.56. The number of halogens is 4. The Hall–Kier alpha value is -1.84. The monoisotopic (exact) mass is 239 g/mol. The van der Waals surface area contributed by atoms with E-state index in [1.54, 1.807) is 0 Å². The van der Waals surface area contributed by atoms with Crippen LogP contribution in [0.15, 0.2) is 42.5 Å². The van der Waals surface area contributed by atoms with Crippen LogP contribution in [0.25, 0.3) is 11.1 Å². The summed E-state index contributed by atoms with van der Waals surface area (Å²) in [7, 11) is 0. The quantitative estimate of drug-likeness (QED) is 0.650. The maximum absolute atomic E-state index is 12.7. The Morgan fingerprint density at radius 1 is 0.941 bits per heavy atom. The molecule has 0 N–H and O–H groups in total. The first-order chi connectivity index (χ1) is 7.98. The van der Waals surface area contributed by atoms with Gasteiger partial charge in [-0.05, 0) is 29.3 Å². The van der Waals surface area contributed by atoms with Crippen molar-refractivity contribution in [1.29, 1.82) is 0 Å². The first-order valence-electron chi connectivity index (χ1n) is 4.82. The lowest BCUT2D eigenvalue weighted by Gasteiger charge is -2.12. The van der Waals surface area contributed by atoms with Crippen molar-refractivity contribution >= 4 is 0 Å². The van der Waals surface area contributed by atoms with E-state index < -0.39 is 17.6 Å². The second-order valence-electron chi connectivity index (χ2n) is 3.46. The summed E-state index contributed by atoms with van der Waals surface area (Å²) in [6, 6.07) is 11.1. The van der Waals surface area contributed by atoms with E-state index in [2.05, 4.69) is 6.07 Å². The Morgan fingerprint density at radius 3 is 2.18 bits per heavy atom. The minimum absolute atomic E-state index is 0.000000000000000444. The van der Waals surface area contributed by atoms with Crippen LogP contribution in [-0.2, 0) is 6.18 Å². The molecule has 1 radical (unpaired) electrons. The lowest BCUT2D eigenvalue weighted by molar-refractivity contribution is -0.137. The molecule has 87 valence electrons. The second kappa shape index (κ2) is 4.20. The summed E-state index contributed by atoms with van der Waals surface area (Å²) in [6.45, 7) is 0. The average Bonchev–Trinajstić information content (AvgIpc) is 2.29. The highest BCUT2D eigenvalue weighted by atomic mass is 19.4. The topological polar surface area (TPSA) is 0 Å². The van der Waals surface area contributed by atoms with E-state index in [0.717, 1.165) is 12.1 Å². The van der Waals surface area contributed by atoms with Gasteiger partial charge in [0.1, 0.15) is 5.82 Å². The second-order valence-corrected chi connectivity index (χ2v) is 3.46. The third-order valence-electron chi connectivity index (χ3n) is 2.29. The molecule has 0 heterocycles. The molecule has 0 aliphatic carbocycles. The SMILES string of the molecule is Fc1ccc(-c2ccc[c]c2C(F)(F)F)cc1. The van der Waals surface area contributed by atoms with Crippen molar-refractivity contribution in [2.24, 2.45) is 0 Å². The van der Waals surface area contributed by atoms with E-state index in [1.165, 1.54) is 30.3 Å². The Labute approximate surface area is 95.5 Å². The van der Waals surface area contributed by atoms with Crippen LogP contribution >= 0.6 is 0 Å². The molecule has 0 aliphatic rings. The van der Waals surface area contributed by atoms with Gasteiger partial charge in [0.05, 0.1) is 5.56 Å². The molecule has 4 heteroatoms. The van der Waals surface area contributed by atoms with Crippen molar-refractivity contribution in [2.75, 3.05) is 0 Å². The van der Waals surface area contributed by atoms with Crippen LogP contribution in [0.2, 0.25) is 0 Å². The molecule has 0 aliphatic heterocycles. The summed E-state index contributed by atoms with van der Waals surface area (Å²) in [5.74, 6) is -0.484. The molecule has 2 rings (SSSR count). The molecule has 0 fully saturated rings. The highest BCUT2D eigenvalue weighted by molar-refractivity contribution is 5.67. The van der Waals surface area contributed by atoms with E-state index in [4.69, 9.17) is 0 Å². The first kappa shape index (κ1) is 11.6. The minimum Gasteiger partial charge on any atom is -0.207 e. The first-order valence-corrected chi connectivity index (χ1v) is 4.82. The molecule has 2 aromatic rings. The zero-order chi connectivity index (χ0) is 12.5. The van der Waals surface area contributed by atoms with Gasteiger partial charge in [-0.15, -0.1) is 0 Å². The highest BCUT2D eigenvalue weighted by Crippen LogP contribution is 2.36. The van der Waals surface area contributed by atoms with E-state index in [0.29, 0.717) is 5.56 Å². The van der Waals surface area contributed by atoms with E-state index >= 15 is 0 Å². The number of benzene rings is 2. The van der Waals surface area contributed by atoms with Gasteiger partial charge in [0.2, 0.25) is 0 Å². The average molecular weight is 239 g/mol. The van der Waals surface area contributed by atoms with Crippen molar-refractivity contribution in [3.05, 3.63) is 59.9 Å². The zero-order valence-corrected chi connectivity index (χ0v) is 8.55. The van der Waals surface area contributed by atoms with Crippen LogP contribution in [0.4, 0.5) is 17.6 Å². The molecule has 2 aromatic carbocycles. The van der Waals surface area contributed by atoms with Gasteiger partial charge < -0.3 is 0 Å². The van der Waals surface area contributed by atoms with E-state index in [9.17, 15) is 17.6 Å². The number of hydrogen-bond donors (Lipinski definition) is 0. The Kier molecular flexibility index (Phi) is 2.88. The standard InChI is InChI=1S/C13H7F4/c14-10-7-5-9(6-8-10)11-3-1-2-4-12(11)13(15,16)17/h1-3,5-8H. The van der Waals surface area contributed by atoms with Crippen molar-refractivity contribution in [3.8, 4) is 11.1 Å². The smallest absolute Gasteiger partial charge is 0.207 e. The van der Waals surface area contributed by atoms with Crippen LogP contribution in [-0.4, -0.2) is 0 Å². The summed E-state index contributed by atoms with van der Waals surface area (Å²) in [4.78, 5) is 0. The molecule has 0 bridgehead atoms. The molecule has 0 atom stereocenters. The Bertz CT molecular complexity index is 512. The van der Waals surface area contributed by atoms with Gasteiger partial charge in [-0.1, -0.05) is 30.3 Å². The normalized spacial score (nSPS) is 11.5. The van der Waals surface area contributed by atoms with Crippen LogP contribution < -0.4 is 0 Å². The van der Waals surface area contributed by atoms with E-state index in [-0.39, 0.29) is 5.56 Å². The summed E-state index contributed by atoms with van der Waals surface area (Å²) >= 11 is 0. The summed E-state index contributed by atoms with van der Waals surface area (Å²) < 4.78 is 50.8. The fourth-order valence-electron chi connectivity index (χ4n) is 1.54. The zero-order valence-electron chi connectivity index (χ0n) is 8.55. The molecule has 0 saturated heterocycles.